The van der Waals surface area contributed by atoms with E-state index in [1.54, 1.807) is 5.57 Å². The average Bonchev–Trinajstić information content (AvgIpc) is 3.02. The number of hydrogen-bond donors (Lipinski definition) is 1. The first kappa shape index (κ1) is 22.5. The summed E-state index contributed by atoms with van der Waals surface area (Å²) in [5, 5.41) is 11.9. The molecule has 0 aromatic carbocycles. The number of fused-ring (bicyclic) bond motifs is 7. The molecular formula is C30H50O. The minimum Gasteiger partial charge on any atom is -0.392 e. The van der Waals surface area contributed by atoms with Crippen LogP contribution >= 0.6 is 0 Å². The predicted octanol–water partition coefficient (Wildman–Crippen LogP) is 8.02. The molecule has 0 aliphatic heterocycles. The molecule has 0 radical (unpaired) electrons. The SMILES string of the molecule is CC(C)C1CCC2C3(C)CCC4C5(C)CCCC(C)(C)C5CC(O)C4(C)C3=CCC12C. The molecule has 0 aromatic rings. The Labute approximate surface area is 192 Å². The van der Waals surface area contributed by atoms with Gasteiger partial charge in [-0.05, 0) is 103 Å². The number of aliphatic hydroxyl groups excluding tert-OH is 1. The second kappa shape index (κ2) is 6.64. The van der Waals surface area contributed by atoms with Gasteiger partial charge in [0, 0.05) is 5.41 Å². The maximum Gasteiger partial charge on any atom is 0.0637 e. The summed E-state index contributed by atoms with van der Waals surface area (Å²) in [7, 11) is 0. The molecule has 0 bridgehead atoms. The van der Waals surface area contributed by atoms with Gasteiger partial charge in [-0.3, -0.25) is 0 Å². The van der Waals surface area contributed by atoms with E-state index < -0.39 is 0 Å². The number of rotatable bonds is 1. The lowest BCUT2D eigenvalue weighted by molar-refractivity contribution is -0.194. The van der Waals surface area contributed by atoms with Crippen molar-refractivity contribution in [2.75, 3.05) is 0 Å². The monoisotopic (exact) mass is 426 g/mol. The van der Waals surface area contributed by atoms with E-state index in [4.69, 9.17) is 0 Å². The topological polar surface area (TPSA) is 20.2 Å². The van der Waals surface area contributed by atoms with E-state index in [9.17, 15) is 5.11 Å². The molecule has 0 saturated heterocycles. The second-order valence-corrected chi connectivity index (χ2v) is 14.8. The molecule has 9 unspecified atom stereocenters. The largest absolute Gasteiger partial charge is 0.392 e. The van der Waals surface area contributed by atoms with Crippen molar-refractivity contribution in [1.29, 1.82) is 0 Å². The lowest BCUT2D eigenvalue weighted by Crippen LogP contribution is -2.65. The zero-order chi connectivity index (χ0) is 22.6. The van der Waals surface area contributed by atoms with E-state index in [1.807, 2.05) is 0 Å². The van der Waals surface area contributed by atoms with Crippen LogP contribution < -0.4 is 0 Å². The minimum absolute atomic E-state index is 0.0249. The van der Waals surface area contributed by atoms with Crippen molar-refractivity contribution in [3.8, 4) is 0 Å². The van der Waals surface area contributed by atoms with Gasteiger partial charge < -0.3 is 5.11 Å². The first-order valence-electron chi connectivity index (χ1n) is 13.7. The number of aliphatic hydroxyl groups is 1. The molecule has 176 valence electrons. The van der Waals surface area contributed by atoms with E-state index in [0.29, 0.717) is 28.1 Å². The summed E-state index contributed by atoms with van der Waals surface area (Å²) in [4.78, 5) is 0. The molecular weight excluding hydrogens is 376 g/mol. The molecule has 4 saturated carbocycles. The summed E-state index contributed by atoms with van der Waals surface area (Å²) >= 11 is 0. The molecule has 4 fully saturated rings. The molecule has 1 N–H and O–H groups in total. The Morgan fingerprint density at radius 1 is 0.839 bits per heavy atom. The molecule has 0 aromatic heterocycles. The first-order valence-corrected chi connectivity index (χ1v) is 13.7. The van der Waals surface area contributed by atoms with Gasteiger partial charge in [-0.2, -0.15) is 0 Å². The van der Waals surface area contributed by atoms with Gasteiger partial charge in [-0.25, -0.2) is 0 Å². The third-order valence-electron chi connectivity index (χ3n) is 12.8. The predicted molar refractivity (Wildman–Crippen MR) is 131 cm³/mol. The zero-order valence-corrected chi connectivity index (χ0v) is 21.9. The van der Waals surface area contributed by atoms with Gasteiger partial charge in [-0.1, -0.05) is 73.5 Å². The summed E-state index contributed by atoms with van der Waals surface area (Å²) in [6.45, 7) is 20.3. The highest BCUT2D eigenvalue weighted by atomic mass is 16.3. The van der Waals surface area contributed by atoms with E-state index in [-0.39, 0.29) is 16.9 Å². The second-order valence-electron chi connectivity index (χ2n) is 14.8. The first-order chi connectivity index (χ1) is 14.3. The van der Waals surface area contributed by atoms with Crippen molar-refractivity contribution in [1.82, 2.24) is 0 Å². The zero-order valence-electron chi connectivity index (χ0n) is 21.9. The van der Waals surface area contributed by atoms with Crippen LogP contribution in [0, 0.1) is 56.7 Å². The quantitative estimate of drug-likeness (QED) is 0.421. The standard InChI is InChI=1S/C30H50O/c1-19(2)20-10-11-21-27(20,5)16-12-23-29(21,7)17-13-22-28(6)15-9-14-26(3,4)24(28)18-25(31)30(22,23)8/h12,19-22,24-25,31H,9-11,13-18H2,1-8H3. The number of allylic oxidation sites excluding steroid dienone is 1. The summed E-state index contributed by atoms with van der Waals surface area (Å²) in [5.74, 6) is 3.74. The molecule has 0 heterocycles. The van der Waals surface area contributed by atoms with Gasteiger partial charge in [0.2, 0.25) is 0 Å². The fourth-order valence-electron chi connectivity index (χ4n) is 11.6. The molecule has 5 rings (SSSR count). The Morgan fingerprint density at radius 3 is 2.23 bits per heavy atom. The van der Waals surface area contributed by atoms with Crippen molar-refractivity contribution in [3.05, 3.63) is 11.6 Å². The molecule has 9 atom stereocenters. The van der Waals surface area contributed by atoms with Crippen LogP contribution in [-0.2, 0) is 0 Å². The van der Waals surface area contributed by atoms with Crippen molar-refractivity contribution in [2.45, 2.75) is 119 Å². The van der Waals surface area contributed by atoms with Gasteiger partial charge in [-0.15, -0.1) is 0 Å². The summed E-state index contributed by atoms with van der Waals surface area (Å²) in [6, 6.07) is 0. The lowest BCUT2D eigenvalue weighted by atomic mass is 9.35. The smallest absolute Gasteiger partial charge is 0.0637 e. The van der Waals surface area contributed by atoms with Crippen molar-refractivity contribution >= 4 is 0 Å². The van der Waals surface area contributed by atoms with E-state index in [2.05, 4.69) is 61.5 Å². The highest BCUT2D eigenvalue weighted by molar-refractivity contribution is 5.36. The van der Waals surface area contributed by atoms with Crippen LogP contribution in [0.2, 0.25) is 0 Å². The normalized spacial score (nSPS) is 55.7. The summed E-state index contributed by atoms with van der Waals surface area (Å²) < 4.78 is 0. The highest BCUT2D eigenvalue weighted by Crippen LogP contribution is 2.75. The van der Waals surface area contributed by atoms with Crippen LogP contribution in [0.4, 0.5) is 0 Å². The molecule has 31 heavy (non-hydrogen) atoms. The van der Waals surface area contributed by atoms with Crippen molar-refractivity contribution in [3.63, 3.8) is 0 Å². The average molecular weight is 427 g/mol. The lowest BCUT2D eigenvalue weighted by Gasteiger charge is -2.70. The Morgan fingerprint density at radius 2 is 1.55 bits per heavy atom. The Kier molecular flexibility index (Phi) is 4.82. The molecule has 0 amide bonds. The molecule has 1 nitrogen and oxygen atoms in total. The number of hydrogen-bond acceptors (Lipinski definition) is 1. The van der Waals surface area contributed by atoms with Crippen LogP contribution in [0.5, 0.6) is 0 Å². The van der Waals surface area contributed by atoms with Gasteiger partial charge in [0.05, 0.1) is 6.10 Å². The van der Waals surface area contributed by atoms with E-state index >= 15 is 0 Å². The van der Waals surface area contributed by atoms with Gasteiger partial charge >= 0.3 is 0 Å². The van der Waals surface area contributed by atoms with Gasteiger partial charge in [0.15, 0.2) is 0 Å². The van der Waals surface area contributed by atoms with Gasteiger partial charge in [0.25, 0.3) is 0 Å². The Balaban J connectivity index is 1.59. The Hall–Kier alpha value is -0.300. The van der Waals surface area contributed by atoms with Crippen molar-refractivity contribution < 1.29 is 5.11 Å². The molecule has 0 spiro atoms. The fourth-order valence-corrected chi connectivity index (χ4v) is 11.6. The van der Waals surface area contributed by atoms with E-state index in [1.165, 1.54) is 51.4 Å². The molecule has 5 aliphatic rings. The Bertz CT molecular complexity index is 777. The van der Waals surface area contributed by atoms with Crippen LogP contribution in [-0.4, -0.2) is 11.2 Å². The van der Waals surface area contributed by atoms with Crippen LogP contribution in [0.1, 0.15) is 113 Å². The maximum atomic E-state index is 11.9. The minimum atomic E-state index is -0.175. The summed E-state index contributed by atoms with van der Waals surface area (Å²) in [5.41, 5.74) is 3.16. The van der Waals surface area contributed by atoms with Crippen LogP contribution in [0.15, 0.2) is 11.6 Å². The van der Waals surface area contributed by atoms with Crippen molar-refractivity contribution in [2.24, 2.45) is 56.7 Å². The third-order valence-corrected chi connectivity index (χ3v) is 12.8. The summed E-state index contributed by atoms with van der Waals surface area (Å²) in [6.07, 6.45) is 14.3. The maximum absolute atomic E-state index is 11.9. The highest BCUT2D eigenvalue weighted by Gasteiger charge is 2.68. The fraction of sp³-hybridized carbons (Fsp3) is 0.933. The third kappa shape index (κ3) is 2.65. The van der Waals surface area contributed by atoms with E-state index in [0.717, 1.165) is 24.2 Å². The molecule has 1 heteroatoms. The van der Waals surface area contributed by atoms with Crippen LogP contribution in [0.3, 0.4) is 0 Å². The molecule has 5 aliphatic carbocycles. The van der Waals surface area contributed by atoms with Gasteiger partial charge in [0.1, 0.15) is 0 Å². The van der Waals surface area contributed by atoms with Crippen LogP contribution in [0.25, 0.3) is 0 Å².